The number of hydrogen-bond acceptors (Lipinski definition) is 5. The van der Waals surface area contributed by atoms with E-state index in [1.54, 1.807) is 12.2 Å². The first-order chi connectivity index (χ1) is 15.9. The molecule has 8 heteroatoms. The first kappa shape index (κ1) is 24.3. The Labute approximate surface area is 194 Å². The Kier molecular flexibility index (Phi) is 8.86. The van der Waals surface area contributed by atoms with Crippen molar-refractivity contribution in [3.63, 3.8) is 0 Å². The van der Waals surface area contributed by atoms with Gasteiger partial charge in [-0.25, -0.2) is 4.79 Å². The standard InChI is InChI=1S/C25H31N3O5/c1-17(2)27-25(31)28-22-13-12-21(33-23(22)16-29)14-24(30)26-15-18-8-10-20(11-9-18)32-19-6-4-3-5-7-19/h3-13,17,21-23,29H,14-16H2,1-2H3,(H,26,30)(H2,27,28,31)/t21-,22-,23+/m0/s1. The molecule has 0 saturated heterocycles. The monoisotopic (exact) mass is 453 g/mol. The van der Waals surface area contributed by atoms with Crippen LogP contribution in [0.1, 0.15) is 25.8 Å². The zero-order chi connectivity index (χ0) is 23.6. The Morgan fingerprint density at radius 1 is 1.03 bits per heavy atom. The Hall–Kier alpha value is -3.36. The van der Waals surface area contributed by atoms with E-state index in [1.165, 1.54) is 0 Å². The fourth-order valence-electron chi connectivity index (χ4n) is 3.35. The second-order valence-corrected chi connectivity index (χ2v) is 8.12. The van der Waals surface area contributed by atoms with Crippen LogP contribution in [0.3, 0.4) is 0 Å². The zero-order valence-electron chi connectivity index (χ0n) is 18.9. The number of urea groups is 1. The molecule has 0 radical (unpaired) electrons. The maximum atomic E-state index is 12.4. The van der Waals surface area contributed by atoms with E-state index in [0.29, 0.717) is 6.54 Å². The highest BCUT2D eigenvalue weighted by atomic mass is 16.5. The number of rotatable bonds is 9. The maximum Gasteiger partial charge on any atom is 0.315 e. The van der Waals surface area contributed by atoms with Crippen LogP contribution in [-0.4, -0.2) is 47.9 Å². The molecule has 0 fully saturated rings. The van der Waals surface area contributed by atoms with Gasteiger partial charge in [-0.05, 0) is 43.7 Å². The molecule has 3 atom stereocenters. The average Bonchev–Trinajstić information content (AvgIpc) is 2.80. The summed E-state index contributed by atoms with van der Waals surface area (Å²) in [5, 5.41) is 18.0. The molecule has 1 aliphatic rings. The molecular weight excluding hydrogens is 422 g/mol. The lowest BCUT2D eigenvalue weighted by Crippen LogP contribution is -2.52. The van der Waals surface area contributed by atoms with Gasteiger partial charge in [0.25, 0.3) is 0 Å². The van der Waals surface area contributed by atoms with Crippen molar-refractivity contribution in [3.05, 3.63) is 72.3 Å². The number of amides is 3. The molecule has 0 spiro atoms. The molecule has 0 saturated carbocycles. The number of hydrogen-bond donors (Lipinski definition) is 4. The van der Waals surface area contributed by atoms with Gasteiger partial charge in [0, 0.05) is 12.6 Å². The van der Waals surface area contributed by atoms with E-state index in [2.05, 4.69) is 16.0 Å². The highest BCUT2D eigenvalue weighted by molar-refractivity contribution is 5.77. The number of carbonyl (C=O) groups is 2. The van der Waals surface area contributed by atoms with Crippen LogP contribution in [0.15, 0.2) is 66.7 Å². The van der Waals surface area contributed by atoms with Crippen LogP contribution in [-0.2, 0) is 16.1 Å². The number of para-hydroxylation sites is 1. The van der Waals surface area contributed by atoms with Crippen LogP contribution in [0.2, 0.25) is 0 Å². The number of carbonyl (C=O) groups excluding carboxylic acids is 2. The molecule has 8 nitrogen and oxygen atoms in total. The van der Waals surface area contributed by atoms with Crippen molar-refractivity contribution < 1.29 is 24.2 Å². The lowest BCUT2D eigenvalue weighted by Gasteiger charge is -2.31. The minimum Gasteiger partial charge on any atom is -0.457 e. The minimum absolute atomic E-state index is 0.00454. The Balaban J connectivity index is 1.44. The smallest absolute Gasteiger partial charge is 0.315 e. The van der Waals surface area contributed by atoms with Crippen LogP contribution < -0.4 is 20.7 Å². The summed E-state index contributed by atoms with van der Waals surface area (Å²) >= 11 is 0. The molecule has 0 bridgehead atoms. The highest BCUT2D eigenvalue weighted by Gasteiger charge is 2.29. The fraction of sp³-hybridized carbons (Fsp3) is 0.360. The van der Waals surface area contributed by atoms with Gasteiger partial charge >= 0.3 is 6.03 Å². The highest BCUT2D eigenvalue weighted by Crippen LogP contribution is 2.21. The van der Waals surface area contributed by atoms with E-state index < -0.39 is 18.2 Å². The van der Waals surface area contributed by atoms with Crippen LogP contribution in [0.4, 0.5) is 4.79 Å². The molecule has 1 aliphatic heterocycles. The van der Waals surface area contributed by atoms with Crippen molar-refractivity contribution in [3.8, 4) is 11.5 Å². The molecular formula is C25H31N3O5. The van der Waals surface area contributed by atoms with E-state index in [0.717, 1.165) is 17.1 Å². The number of benzene rings is 2. The van der Waals surface area contributed by atoms with Crippen molar-refractivity contribution in [2.24, 2.45) is 0 Å². The van der Waals surface area contributed by atoms with E-state index in [4.69, 9.17) is 9.47 Å². The van der Waals surface area contributed by atoms with E-state index >= 15 is 0 Å². The molecule has 0 unspecified atom stereocenters. The van der Waals surface area contributed by atoms with Crippen LogP contribution in [0.5, 0.6) is 11.5 Å². The number of aliphatic hydroxyl groups excluding tert-OH is 1. The van der Waals surface area contributed by atoms with Crippen LogP contribution in [0, 0.1) is 0 Å². The number of ether oxygens (including phenoxy) is 2. The maximum absolute atomic E-state index is 12.4. The summed E-state index contributed by atoms with van der Waals surface area (Å²) in [5.41, 5.74) is 0.942. The summed E-state index contributed by atoms with van der Waals surface area (Å²) < 4.78 is 11.6. The molecule has 0 aromatic heterocycles. The minimum atomic E-state index is -0.622. The molecule has 2 aromatic carbocycles. The summed E-state index contributed by atoms with van der Waals surface area (Å²) in [4.78, 5) is 24.3. The van der Waals surface area contributed by atoms with Crippen LogP contribution in [0.25, 0.3) is 0 Å². The lowest BCUT2D eigenvalue weighted by atomic mass is 10.0. The second-order valence-electron chi connectivity index (χ2n) is 8.12. The number of nitrogens with one attached hydrogen (secondary N) is 3. The van der Waals surface area contributed by atoms with Crippen molar-refractivity contribution in [1.82, 2.24) is 16.0 Å². The van der Waals surface area contributed by atoms with Gasteiger partial charge in [-0.2, -0.15) is 0 Å². The molecule has 3 rings (SSSR count). The Morgan fingerprint density at radius 2 is 1.73 bits per heavy atom. The molecule has 33 heavy (non-hydrogen) atoms. The molecule has 3 amide bonds. The second kappa shape index (κ2) is 12.0. The normalized spacial score (nSPS) is 19.7. The van der Waals surface area contributed by atoms with Crippen molar-refractivity contribution in [2.45, 2.75) is 51.1 Å². The first-order valence-electron chi connectivity index (χ1n) is 11.0. The summed E-state index contributed by atoms with van der Waals surface area (Å²) in [7, 11) is 0. The van der Waals surface area contributed by atoms with Crippen LogP contribution >= 0.6 is 0 Å². The molecule has 4 N–H and O–H groups in total. The van der Waals surface area contributed by atoms with Gasteiger partial charge in [0.1, 0.15) is 17.6 Å². The van der Waals surface area contributed by atoms with E-state index in [9.17, 15) is 14.7 Å². The third kappa shape index (κ3) is 7.93. The van der Waals surface area contributed by atoms with Gasteiger partial charge in [0.15, 0.2) is 0 Å². The van der Waals surface area contributed by atoms with Gasteiger partial charge in [-0.15, -0.1) is 0 Å². The Morgan fingerprint density at radius 3 is 2.39 bits per heavy atom. The molecule has 0 aliphatic carbocycles. The SMILES string of the molecule is CC(C)NC(=O)N[C@H]1C=C[C@@H](CC(=O)NCc2ccc(Oc3ccccc3)cc2)O[C@@H]1CO. The van der Waals surface area contributed by atoms with Crippen molar-refractivity contribution in [1.29, 1.82) is 0 Å². The van der Waals surface area contributed by atoms with Gasteiger partial charge in [0.2, 0.25) is 5.91 Å². The van der Waals surface area contributed by atoms with Gasteiger partial charge in [-0.1, -0.05) is 42.5 Å². The summed E-state index contributed by atoms with van der Waals surface area (Å²) in [5.74, 6) is 1.31. The molecule has 1 heterocycles. The Bertz CT molecular complexity index is 931. The topological polar surface area (TPSA) is 109 Å². The summed E-state index contributed by atoms with van der Waals surface area (Å²) in [6.07, 6.45) is 2.51. The van der Waals surface area contributed by atoms with Crippen molar-refractivity contribution >= 4 is 11.9 Å². The van der Waals surface area contributed by atoms with E-state index in [-0.39, 0.29) is 31.0 Å². The summed E-state index contributed by atoms with van der Waals surface area (Å²) in [6.45, 7) is 3.83. The third-order valence-electron chi connectivity index (χ3n) is 4.96. The third-order valence-corrected chi connectivity index (χ3v) is 4.96. The summed E-state index contributed by atoms with van der Waals surface area (Å²) in [6, 6.07) is 16.2. The van der Waals surface area contributed by atoms with Crippen molar-refractivity contribution in [2.75, 3.05) is 6.61 Å². The molecule has 176 valence electrons. The van der Waals surface area contributed by atoms with Gasteiger partial charge in [-0.3, -0.25) is 4.79 Å². The number of aliphatic hydroxyl groups is 1. The first-order valence-corrected chi connectivity index (χ1v) is 11.0. The average molecular weight is 454 g/mol. The predicted molar refractivity (Wildman–Crippen MR) is 125 cm³/mol. The largest absolute Gasteiger partial charge is 0.457 e. The lowest BCUT2D eigenvalue weighted by molar-refractivity contribution is -0.125. The molecule has 2 aromatic rings. The van der Waals surface area contributed by atoms with Gasteiger partial charge in [0.05, 0.1) is 25.2 Å². The zero-order valence-corrected chi connectivity index (χ0v) is 18.9. The predicted octanol–water partition coefficient (Wildman–Crippen LogP) is 2.88. The van der Waals surface area contributed by atoms with Gasteiger partial charge < -0.3 is 30.5 Å². The van der Waals surface area contributed by atoms with E-state index in [1.807, 2.05) is 68.4 Å². The quantitative estimate of drug-likeness (QED) is 0.437. The fourth-order valence-corrected chi connectivity index (χ4v) is 3.35.